The Kier molecular flexibility index (Phi) is 3.18. The Morgan fingerprint density at radius 2 is 1.95 bits per heavy atom. The normalized spacial score (nSPS) is 24.3. The van der Waals surface area contributed by atoms with E-state index in [9.17, 15) is 0 Å². The van der Waals surface area contributed by atoms with Gasteiger partial charge in [-0.25, -0.2) is 0 Å². The Morgan fingerprint density at radius 3 is 2.58 bits per heavy atom. The van der Waals surface area contributed by atoms with Gasteiger partial charge >= 0.3 is 0 Å². The van der Waals surface area contributed by atoms with Crippen molar-refractivity contribution in [3.63, 3.8) is 0 Å². The van der Waals surface area contributed by atoms with Crippen molar-refractivity contribution in [3.8, 4) is 0 Å². The molecule has 1 aliphatic heterocycles. The van der Waals surface area contributed by atoms with Crippen LogP contribution in [0, 0.1) is 12.3 Å². The molecule has 0 radical (unpaired) electrons. The van der Waals surface area contributed by atoms with E-state index in [1.807, 2.05) is 0 Å². The van der Waals surface area contributed by atoms with Crippen LogP contribution in [0.25, 0.3) is 0 Å². The molecule has 2 aliphatic rings. The van der Waals surface area contributed by atoms with Crippen molar-refractivity contribution in [2.45, 2.75) is 39.2 Å². The van der Waals surface area contributed by atoms with Crippen LogP contribution in [-0.2, 0) is 0 Å². The van der Waals surface area contributed by atoms with Crippen molar-refractivity contribution in [2.75, 3.05) is 24.5 Å². The van der Waals surface area contributed by atoms with Gasteiger partial charge in [-0.15, -0.1) is 0 Å². The van der Waals surface area contributed by atoms with Crippen LogP contribution in [0.15, 0.2) is 22.7 Å². The first-order chi connectivity index (χ1) is 8.89. The summed E-state index contributed by atoms with van der Waals surface area (Å²) in [4.78, 5) is 2.58. The smallest absolute Gasteiger partial charge is 0.0370 e. The standard InChI is InChI=1S/C16H23BrN2/c1-12-8-13(4-5-14(12)17)19-10-15(2,3)18-9-16(11-19)6-7-16/h4-5,8,18H,6-7,9-11H2,1-3H3. The highest BCUT2D eigenvalue weighted by Crippen LogP contribution is 2.47. The van der Waals surface area contributed by atoms with E-state index in [2.05, 4.69) is 65.1 Å². The summed E-state index contributed by atoms with van der Waals surface area (Å²) in [6, 6.07) is 6.73. The van der Waals surface area contributed by atoms with Crippen LogP contribution in [-0.4, -0.2) is 25.2 Å². The molecular weight excluding hydrogens is 300 g/mol. The van der Waals surface area contributed by atoms with E-state index >= 15 is 0 Å². The number of nitrogens with one attached hydrogen (secondary N) is 1. The Hall–Kier alpha value is -0.540. The third kappa shape index (κ3) is 2.82. The lowest BCUT2D eigenvalue weighted by Crippen LogP contribution is -2.46. The summed E-state index contributed by atoms with van der Waals surface area (Å²) in [7, 11) is 0. The van der Waals surface area contributed by atoms with E-state index in [-0.39, 0.29) is 5.54 Å². The topological polar surface area (TPSA) is 15.3 Å². The van der Waals surface area contributed by atoms with Crippen molar-refractivity contribution >= 4 is 21.6 Å². The highest BCUT2D eigenvalue weighted by molar-refractivity contribution is 9.10. The van der Waals surface area contributed by atoms with E-state index in [0.29, 0.717) is 5.41 Å². The molecule has 1 N–H and O–H groups in total. The van der Waals surface area contributed by atoms with Crippen molar-refractivity contribution in [2.24, 2.45) is 5.41 Å². The van der Waals surface area contributed by atoms with Gasteiger partial charge in [0.05, 0.1) is 0 Å². The first-order valence-corrected chi connectivity index (χ1v) is 7.95. The summed E-state index contributed by atoms with van der Waals surface area (Å²) >= 11 is 3.60. The molecule has 0 amide bonds. The highest BCUT2D eigenvalue weighted by Gasteiger charge is 2.47. The van der Waals surface area contributed by atoms with Crippen LogP contribution in [0.3, 0.4) is 0 Å². The molecule has 1 aliphatic carbocycles. The lowest BCUT2D eigenvalue weighted by Gasteiger charge is -2.32. The molecule has 1 aromatic rings. The van der Waals surface area contributed by atoms with Gasteiger partial charge in [0.1, 0.15) is 0 Å². The fourth-order valence-corrected chi connectivity index (χ4v) is 3.24. The lowest BCUT2D eigenvalue weighted by atomic mass is 10.1. The Bertz CT molecular complexity index is 484. The lowest BCUT2D eigenvalue weighted by molar-refractivity contribution is 0.389. The number of rotatable bonds is 1. The van der Waals surface area contributed by atoms with Crippen LogP contribution in [0.2, 0.25) is 0 Å². The largest absolute Gasteiger partial charge is 0.369 e. The number of benzene rings is 1. The molecule has 0 atom stereocenters. The molecule has 0 aromatic heterocycles. The molecule has 1 saturated carbocycles. The van der Waals surface area contributed by atoms with Crippen LogP contribution < -0.4 is 10.2 Å². The van der Waals surface area contributed by atoms with Gasteiger partial charge < -0.3 is 10.2 Å². The van der Waals surface area contributed by atoms with Gasteiger partial charge in [-0.05, 0) is 57.4 Å². The van der Waals surface area contributed by atoms with Gasteiger partial charge in [0.2, 0.25) is 0 Å². The molecule has 104 valence electrons. The molecule has 3 rings (SSSR count). The third-order valence-electron chi connectivity index (χ3n) is 4.52. The minimum absolute atomic E-state index is 0.188. The van der Waals surface area contributed by atoms with E-state index in [4.69, 9.17) is 0 Å². The zero-order chi connectivity index (χ0) is 13.7. The Morgan fingerprint density at radius 1 is 1.21 bits per heavy atom. The SMILES string of the molecule is Cc1cc(N2CC3(CC3)CNC(C)(C)C2)ccc1Br. The highest BCUT2D eigenvalue weighted by atomic mass is 79.9. The summed E-state index contributed by atoms with van der Waals surface area (Å²) in [5, 5.41) is 3.75. The second kappa shape index (κ2) is 4.49. The minimum atomic E-state index is 0.188. The molecule has 1 spiro atoms. The van der Waals surface area contributed by atoms with E-state index < -0.39 is 0 Å². The number of hydrogen-bond acceptors (Lipinski definition) is 2. The quantitative estimate of drug-likeness (QED) is 0.847. The molecular formula is C16H23BrN2. The maximum absolute atomic E-state index is 3.75. The number of hydrogen-bond donors (Lipinski definition) is 1. The second-order valence-electron chi connectivity index (χ2n) is 7.03. The summed E-state index contributed by atoms with van der Waals surface area (Å²) in [6.45, 7) is 10.2. The summed E-state index contributed by atoms with van der Waals surface area (Å²) < 4.78 is 1.20. The zero-order valence-electron chi connectivity index (χ0n) is 12.1. The molecule has 19 heavy (non-hydrogen) atoms. The van der Waals surface area contributed by atoms with Gasteiger partial charge in [0.15, 0.2) is 0 Å². The predicted octanol–water partition coefficient (Wildman–Crippen LogP) is 3.73. The summed E-state index contributed by atoms with van der Waals surface area (Å²) in [6.07, 6.45) is 2.75. The van der Waals surface area contributed by atoms with Crippen molar-refractivity contribution < 1.29 is 0 Å². The third-order valence-corrected chi connectivity index (χ3v) is 5.41. The molecule has 1 aromatic carbocycles. The van der Waals surface area contributed by atoms with Gasteiger partial charge in [0, 0.05) is 40.7 Å². The maximum Gasteiger partial charge on any atom is 0.0370 e. The number of nitrogens with zero attached hydrogens (tertiary/aromatic N) is 1. The average Bonchev–Trinajstić information content (AvgIpc) is 3.11. The second-order valence-corrected chi connectivity index (χ2v) is 7.88. The number of halogens is 1. The average molecular weight is 323 g/mol. The monoisotopic (exact) mass is 322 g/mol. The van der Waals surface area contributed by atoms with Crippen molar-refractivity contribution in [1.29, 1.82) is 0 Å². The van der Waals surface area contributed by atoms with Gasteiger partial charge in [0.25, 0.3) is 0 Å². The number of aryl methyl sites for hydroxylation is 1. The summed E-state index contributed by atoms with van der Waals surface area (Å²) in [5.74, 6) is 0. The molecule has 3 heteroatoms. The van der Waals surface area contributed by atoms with Gasteiger partial charge in [-0.3, -0.25) is 0 Å². The van der Waals surface area contributed by atoms with Gasteiger partial charge in [-0.1, -0.05) is 15.9 Å². The Labute approximate surface area is 124 Å². The van der Waals surface area contributed by atoms with Gasteiger partial charge in [-0.2, -0.15) is 0 Å². The van der Waals surface area contributed by atoms with Crippen LogP contribution in [0.5, 0.6) is 0 Å². The molecule has 2 nitrogen and oxygen atoms in total. The molecule has 0 unspecified atom stereocenters. The molecule has 2 fully saturated rings. The first kappa shape index (κ1) is 13.4. The van der Waals surface area contributed by atoms with E-state index in [0.717, 1.165) is 6.54 Å². The summed E-state index contributed by atoms with van der Waals surface area (Å²) in [5.41, 5.74) is 3.41. The molecule has 1 heterocycles. The predicted molar refractivity (Wildman–Crippen MR) is 84.8 cm³/mol. The fourth-order valence-electron chi connectivity index (χ4n) is 3.00. The molecule has 1 saturated heterocycles. The number of anilines is 1. The zero-order valence-corrected chi connectivity index (χ0v) is 13.7. The van der Waals surface area contributed by atoms with E-state index in [1.165, 1.54) is 41.7 Å². The van der Waals surface area contributed by atoms with Crippen LogP contribution >= 0.6 is 15.9 Å². The van der Waals surface area contributed by atoms with Crippen molar-refractivity contribution in [1.82, 2.24) is 5.32 Å². The van der Waals surface area contributed by atoms with E-state index in [1.54, 1.807) is 0 Å². The minimum Gasteiger partial charge on any atom is -0.369 e. The maximum atomic E-state index is 3.75. The fraction of sp³-hybridized carbons (Fsp3) is 0.625. The van der Waals surface area contributed by atoms with Crippen LogP contribution in [0.1, 0.15) is 32.3 Å². The first-order valence-electron chi connectivity index (χ1n) is 7.15. The van der Waals surface area contributed by atoms with Crippen LogP contribution in [0.4, 0.5) is 5.69 Å². The van der Waals surface area contributed by atoms with Crippen molar-refractivity contribution in [3.05, 3.63) is 28.2 Å². The molecule has 0 bridgehead atoms. The Balaban J connectivity index is 1.90.